The second-order valence-corrected chi connectivity index (χ2v) is 8.29. The molecule has 0 radical (unpaired) electrons. The van der Waals surface area contributed by atoms with Gasteiger partial charge in [-0.1, -0.05) is 25.8 Å². The summed E-state index contributed by atoms with van der Waals surface area (Å²) in [6.45, 7) is 3.05. The van der Waals surface area contributed by atoms with Gasteiger partial charge in [-0.15, -0.1) is 11.3 Å². The van der Waals surface area contributed by atoms with Gasteiger partial charge in [-0.05, 0) is 36.5 Å². The van der Waals surface area contributed by atoms with Crippen LogP contribution in [0, 0.1) is 0 Å². The first-order valence-corrected chi connectivity index (χ1v) is 9.94. The van der Waals surface area contributed by atoms with Gasteiger partial charge in [0.25, 0.3) is 0 Å². The molecule has 3 rings (SSSR count). The van der Waals surface area contributed by atoms with Crippen LogP contribution in [0.1, 0.15) is 50.1 Å². The summed E-state index contributed by atoms with van der Waals surface area (Å²) in [7, 11) is 0. The Bertz CT molecular complexity index is 457. The van der Waals surface area contributed by atoms with Gasteiger partial charge in [-0.25, -0.2) is 0 Å². The summed E-state index contributed by atoms with van der Waals surface area (Å²) in [6, 6.07) is 4.23. The van der Waals surface area contributed by atoms with Gasteiger partial charge in [0.15, 0.2) is 0 Å². The van der Waals surface area contributed by atoms with E-state index in [0.717, 1.165) is 19.4 Å². The van der Waals surface area contributed by atoms with Gasteiger partial charge in [0.1, 0.15) is 6.17 Å². The number of thiophene rings is 1. The molecular formula is C16H24N2OS2. The Kier molecular flexibility index (Phi) is 5.24. The zero-order chi connectivity index (χ0) is 14.7. The molecule has 0 spiro atoms. The summed E-state index contributed by atoms with van der Waals surface area (Å²) in [6.07, 6.45) is 5.98. The highest BCUT2D eigenvalue weighted by atomic mass is 32.2. The molecule has 1 aromatic rings. The van der Waals surface area contributed by atoms with Gasteiger partial charge >= 0.3 is 0 Å². The number of carbonyl (C=O) groups is 1. The van der Waals surface area contributed by atoms with Crippen LogP contribution >= 0.6 is 23.1 Å². The zero-order valence-electron chi connectivity index (χ0n) is 12.6. The van der Waals surface area contributed by atoms with Crippen molar-refractivity contribution in [3.05, 3.63) is 22.4 Å². The van der Waals surface area contributed by atoms with Crippen LogP contribution in [0.5, 0.6) is 0 Å². The smallest absolute Gasteiger partial charge is 0.241 e. The van der Waals surface area contributed by atoms with E-state index in [2.05, 4.69) is 34.7 Å². The van der Waals surface area contributed by atoms with Gasteiger partial charge in [-0.2, -0.15) is 11.8 Å². The Morgan fingerprint density at radius 2 is 2.33 bits per heavy atom. The lowest BCUT2D eigenvalue weighted by Crippen LogP contribution is -2.37. The third-order valence-corrected chi connectivity index (χ3v) is 6.62. The molecule has 3 atom stereocenters. The summed E-state index contributed by atoms with van der Waals surface area (Å²) in [5, 5.41) is 6.28. The minimum atomic E-state index is 0.00990. The molecule has 2 aliphatic heterocycles. The molecule has 1 N–H and O–H groups in total. The van der Waals surface area contributed by atoms with Crippen molar-refractivity contribution in [2.75, 3.05) is 12.3 Å². The predicted molar refractivity (Wildman–Crippen MR) is 90.7 cm³/mol. The molecule has 2 aliphatic rings. The third kappa shape index (κ3) is 3.46. The molecule has 116 valence electrons. The van der Waals surface area contributed by atoms with E-state index in [-0.39, 0.29) is 12.2 Å². The predicted octanol–water partition coefficient (Wildman–Crippen LogP) is 3.63. The lowest BCUT2D eigenvalue weighted by Gasteiger charge is -2.30. The lowest BCUT2D eigenvalue weighted by molar-refractivity contribution is -0.130. The normalized spacial score (nSPS) is 30.0. The maximum Gasteiger partial charge on any atom is 0.241 e. The standard InChI is InChI=1S/C16H24N2OS2/c1-2-6-13-16(19)18(11-12-7-3-4-9-20-12)15(17-13)14-8-5-10-21-14/h5,8,10,12-13,15,17H,2-4,6-7,9,11H2,1H3. The fourth-order valence-corrected chi connectivity index (χ4v) is 5.32. The number of hydrogen-bond donors (Lipinski definition) is 1. The molecular weight excluding hydrogens is 300 g/mol. The molecule has 2 saturated heterocycles. The van der Waals surface area contributed by atoms with E-state index >= 15 is 0 Å². The van der Waals surface area contributed by atoms with Gasteiger partial charge in [0, 0.05) is 16.7 Å². The van der Waals surface area contributed by atoms with Gasteiger partial charge < -0.3 is 4.90 Å². The van der Waals surface area contributed by atoms with Gasteiger partial charge in [-0.3, -0.25) is 10.1 Å². The van der Waals surface area contributed by atoms with Crippen LogP contribution in [0.15, 0.2) is 17.5 Å². The average Bonchev–Trinajstić information content (AvgIpc) is 3.12. The number of nitrogens with one attached hydrogen (secondary N) is 1. The molecule has 3 heterocycles. The molecule has 0 saturated carbocycles. The third-order valence-electron chi connectivity index (χ3n) is 4.32. The number of hydrogen-bond acceptors (Lipinski definition) is 4. The Morgan fingerprint density at radius 3 is 3.00 bits per heavy atom. The van der Waals surface area contributed by atoms with Gasteiger partial charge in [0.05, 0.1) is 6.04 Å². The summed E-state index contributed by atoms with van der Waals surface area (Å²) < 4.78 is 0. The molecule has 21 heavy (non-hydrogen) atoms. The summed E-state index contributed by atoms with van der Waals surface area (Å²) in [4.78, 5) is 16.1. The minimum Gasteiger partial charge on any atom is -0.320 e. The molecule has 0 aromatic carbocycles. The molecule has 2 fully saturated rings. The highest BCUT2D eigenvalue weighted by molar-refractivity contribution is 7.99. The van der Waals surface area contributed by atoms with E-state index in [9.17, 15) is 4.79 Å². The van der Waals surface area contributed by atoms with Crippen molar-refractivity contribution >= 4 is 29.0 Å². The van der Waals surface area contributed by atoms with Crippen LogP contribution in [0.3, 0.4) is 0 Å². The monoisotopic (exact) mass is 324 g/mol. The summed E-state index contributed by atoms with van der Waals surface area (Å²) >= 11 is 3.79. The van der Waals surface area contributed by atoms with Crippen LogP contribution in [0.25, 0.3) is 0 Å². The number of carbonyl (C=O) groups excluding carboxylic acids is 1. The molecule has 1 amide bonds. The first kappa shape index (κ1) is 15.4. The highest BCUT2D eigenvalue weighted by Crippen LogP contribution is 2.33. The van der Waals surface area contributed by atoms with E-state index < -0.39 is 0 Å². The zero-order valence-corrected chi connectivity index (χ0v) is 14.2. The van der Waals surface area contributed by atoms with Crippen LogP contribution in [-0.2, 0) is 4.79 Å². The largest absolute Gasteiger partial charge is 0.320 e. The second-order valence-electron chi connectivity index (χ2n) is 5.91. The molecule has 0 bridgehead atoms. The van der Waals surface area contributed by atoms with Crippen LogP contribution < -0.4 is 5.32 Å². The van der Waals surface area contributed by atoms with Crippen molar-refractivity contribution in [1.82, 2.24) is 10.2 Å². The fraction of sp³-hybridized carbons (Fsp3) is 0.688. The molecule has 5 heteroatoms. The molecule has 0 aliphatic carbocycles. The van der Waals surface area contributed by atoms with E-state index in [1.54, 1.807) is 11.3 Å². The average molecular weight is 325 g/mol. The first-order chi connectivity index (χ1) is 10.3. The van der Waals surface area contributed by atoms with Gasteiger partial charge in [0.2, 0.25) is 5.91 Å². The topological polar surface area (TPSA) is 32.3 Å². The van der Waals surface area contributed by atoms with E-state index in [4.69, 9.17) is 0 Å². The Labute approximate surface area is 135 Å². The summed E-state index contributed by atoms with van der Waals surface area (Å²) in [5.74, 6) is 1.56. The van der Waals surface area contributed by atoms with Crippen molar-refractivity contribution in [2.45, 2.75) is 56.5 Å². The van der Waals surface area contributed by atoms with Crippen molar-refractivity contribution < 1.29 is 4.79 Å². The van der Waals surface area contributed by atoms with Crippen LogP contribution in [0.4, 0.5) is 0 Å². The highest BCUT2D eigenvalue weighted by Gasteiger charge is 2.40. The van der Waals surface area contributed by atoms with E-state index in [0.29, 0.717) is 11.2 Å². The van der Waals surface area contributed by atoms with Crippen molar-refractivity contribution in [1.29, 1.82) is 0 Å². The number of thioether (sulfide) groups is 1. The van der Waals surface area contributed by atoms with Crippen LogP contribution in [-0.4, -0.2) is 34.4 Å². The fourth-order valence-electron chi connectivity index (χ4n) is 3.22. The van der Waals surface area contributed by atoms with E-state index in [1.807, 2.05) is 11.8 Å². The molecule has 3 unspecified atom stereocenters. The quantitative estimate of drug-likeness (QED) is 0.897. The number of amides is 1. The van der Waals surface area contributed by atoms with Crippen molar-refractivity contribution in [3.8, 4) is 0 Å². The number of nitrogens with zero attached hydrogens (tertiary/aromatic N) is 1. The Morgan fingerprint density at radius 1 is 1.43 bits per heavy atom. The van der Waals surface area contributed by atoms with Crippen molar-refractivity contribution in [2.24, 2.45) is 0 Å². The number of rotatable bonds is 5. The Hall–Kier alpha value is -0.520. The Balaban J connectivity index is 1.74. The summed E-state index contributed by atoms with van der Waals surface area (Å²) in [5.41, 5.74) is 0. The second kappa shape index (κ2) is 7.16. The lowest BCUT2D eigenvalue weighted by atomic mass is 10.1. The first-order valence-electron chi connectivity index (χ1n) is 8.01. The van der Waals surface area contributed by atoms with Crippen LogP contribution in [0.2, 0.25) is 0 Å². The molecule has 1 aromatic heterocycles. The molecule has 3 nitrogen and oxygen atoms in total. The van der Waals surface area contributed by atoms with Crippen molar-refractivity contribution in [3.63, 3.8) is 0 Å². The maximum absolute atomic E-state index is 12.7. The minimum absolute atomic E-state index is 0.00990. The maximum atomic E-state index is 12.7. The SMILES string of the molecule is CCCC1NC(c2cccs2)N(CC2CCCCS2)C1=O. The van der Waals surface area contributed by atoms with E-state index in [1.165, 1.54) is 29.9 Å².